The van der Waals surface area contributed by atoms with Crippen molar-refractivity contribution in [1.82, 2.24) is 5.32 Å². The summed E-state index contributed by atoms with van der Waals surface area (Å²) in [6.07, 6.45) is 1.40. The number of carbonyl (C=O) groups excluding carboxylic acids is 3. The Hall–Kier alpha value is -3.08. The third-order valence-corrected chi connectivity index (χ3v) is 6.66. The van der Waals surface area contributed by atoms with Crippen LogP contribution in [0.4, 0.5) is 10.5 Å². The smallest absolute Gasteiger partial charge is 0.335 e. The second-order valence-corrected chi connectivity index (χ2v) is 9.53. The molecule has 10 heteroatoms. The van der Waals surface area contributed by atoms with Gasteiger partial charge in [0.2, 0.25) is 0 Å². The third-order valence-electron chi connectivity index (χ3n) is 5.17. The van der Waals surface area contributed by atoms with Gasteiger partial charge in [0.1, 0.15) is 12.2 Å². The van der Waals surface area contributed by atoms with Crippen molar-refractivity contribution in [3.05, 3.63) is 91.0 Å². The molecule has 4 rings (SSSR count). The van der Waals surface area contributed by atoms with Crippen LogP contribution in [0.1, 0.15) is 18.1 Å². The van der Waals surface area contributed by atoms with E-state index in [2.05, 4.69) is 27.9 Å². The number of hydrogen-bond donors (Lipinski definition) is 1. The van der Waals surface area contributed by atoms with E-state index in [9.17, 15) is 14.4 Å². The van der Waals surface area contributed by atoms with Crippen molar-refractivity contribution in [1.29, 1.82) is 0 Å². The Morgan fingerprint density at radius 3 is 2.36 bits per heavy atom. The summed E-state index contributed by atoms with van der Waals surface area (Å²) in [5.41, 5.74) is 1.28. The predicted molar refractivity (Wildman–Crippen MR) is 147 cm³/mol. The summed E-state index contributed by atoms with van der Waals surface area (Å²) in [6.45, 7) is 2.43. The number of halogens is 3. The van der Waals surface area contributed by atoms with Gasteiger partial charge in [0.05, 0.1) is 20.9 Å². The van der Waals surface area contributed by atoms with E-state index in [1.807, 2.05) is 25.1 Å². The van der Waals surface area contributed by atoms with E-state index in [0.717, 1.165) is 10.5 Å². The Morgan fingerprint density at radius 1 is 0.972 bits per heavy atom. The molecule has 184 valence electrons. The molecule has 1 aliphatic rings. The molecule has 4 amide bonds. The SMILES string of the molecule is CCOc1cc(/C=C2\C(=O)NC(=O)N(c3ccccc3Cl)C2=O)cc(I)c1OCc1ccccc1Cl. The number of barbiturate groups is 1. The molecule has 1 aliphatic heterocycles. The van der Waals surface area contributed by atoms with Crippen LogP contribution in [-0.2, 0) is 16.2 Å². The first-order valence-electron chi connectivity index (χ1n) is 10.8. The summed E-state index contributed by atoms with van der Waals surface area (Å²) in [6, 6.07) is 16.3. The molecule has 0 atom stereocenters. The van der Waals surface area contributed by atoms with Gasteiger partial charge >= 0.3 is 6.03 Å². The average molecular weight is 637 g/mol. The maximum absolute atomic E-state index is 13.2. The summed E-state index contributed by atoms with van der Waals surface area (Å²) in [7, 11) is 0. The van der Waals surface area contributed by atoms with Crippen molar-refractivity contribution in [2.75, 3.05) is 11.5 Å². The highest BCUT2D eigenvalue weighted by Gasteiger charge is 2.37. The van der Waals surface area contributed by atoms with E-state index >= 15 is 0 Å². The van der Waals surface area contributed by atoms with Gasteiger partial charge in [-0.3, -0.25) is 14.9 Å². The van der Waals surface area contributed by atoms with E-state index in [1.165, 1.54) is 12.1 Å². The molecule has 0 radical (unpaired) electrons. The van der Waals surface area contributed by atoms with Crippen LogP contribution in [0.3, 0.4) is 0 Å². The van der Waals surface area contributed by atoms with Crippen LogP contribution >= 0.6 is 45.8 Å². The van der Waals surface area contributed by atoms with Crippen LogP contribution in [-0.4, -0.2) is 24.5 Å². The molecule has 36 heavy (non-hydrogen) atoms. The molecule has 3 aromatic carbocycles. The van der Waals surface area contributed by atoms with Gasteiger partial charge in [-0.15, -0.1) is 0 Å². The number of amides is 4. The minimum Gasteiger partial charge on any atom is -0.490 e. The highest BCUT2D eigenvalue weighted by Crippen LogP contribution is 2.36. The monoisotopic (exact) mass is 636 g/mol. The zero-order chi connectivity index (χ0) is 25.8. The first-order chi connectivity index (χ1) is 17.3. The van der Waals surface area contributed by atoms with Crippen molar-refractivity contribution >= 4 is 75.4 Å². The zero-order valence-electron chi connectivity index (χ0n) is 18.9. The fourth-order valence-electron chi connectivity index (χ4n) is 3.52. The summed E-state index contributed by atoms with van der Waals surface area (Å²) in [4.78, 5) is 39.1. The number of hydrogen-bond acceptors (Lipinski definition) is 5. The van der Waals surface area contributed by atoms with Gasteiger partial charge in [0, 0.05) is 10.6 Å². The summed E-state index contributed by atoms with van der Waals surface area (Å²) >= 11 is 14.5. The fourth-order valence-corrected chi connectivity index (χ4v) is 4.71. The number of benzene rings is 3. The Bertz CT molecular complexity index is 1390. The van der Waals surface area contributed by atoms with Gasteiger partial charge in [-0.05, 0) is 71.5 Å². The molecule has 0 aliphatic carbocycles. The summed E-state index contributed by atoms with van der Waals surface area (Å²) in [5.74, 6) is -0.651. The number of para-hydroxylation sites is 1. The van der Waals surface area contributed by atoms with E-state index in [4.69, 9.17) is 32.7 Å². The molecular weight excluding hydrogens is 618 g/mol. The van der Waals surface area contributed by atoms with E-state index in [1.54, 1.807) is 36.4 Å². The van der Waals surface area contributed by atoms with Crippen LogP contribution in [0, 0.1) is 3.57 Å². The largest absolute Gasteiger partial charge is 0.490 e. The molecule has 0 bridgehead atoms. The van der Waals surface area contributed by atoms with Crippen LogP contribution in [0.5, 0.6) is 11.5 Å². The van der Waals surface area contributed by atoms with Gasteiger partial charge in [-0.1, -0.05) is 53.5 Å². The third kappa shape index (κ3) is 5.50. The average Bonchev–Trinajstić information content (AvgIpc) is 2.83. The van der Waals surface area contributed by atoms with Crippen LogP contribution < -0.4 is 19.7 Å². The normalized spacial score (nSPS) is 14.7. The number of anilines is 1. The molecule has 3 aromatic rings. The Kier molecular flexibility index (Phi) is 8.17. The number of nitrogens with one attached hydrogen (secondary N) is 1. The molecule has 1 N–H and O–H groups in total. The molecule has 1 heterocycles. The number of rotatable bonds is 7. The minimum atomic E-state index is -0.872. The summed E-state index contributed by atoms with van der Waals surface area (Å²) in [5, 5.41) is 2.98. The first kappa shape index (κ1) is 26.0. The van der Waals surface area contributed by atoms with E-state index in [0.29, 0.717) is 32.3 Å². The van der Waals surface area contributed by atoms with Crippen LogP contribution in [0.2, 0.25) is 10.0 Å². The minimum absolute atomic E-state index is 0.174. The molecule has 0 aromatic heterocycles. The lowest BCUT2D eigenvalue weighted by molar-refractivity contribution is -0.122. The maximum Gasteiger partial charge on any atom is 0.335 e. The zero-order valence-corrected chi connectivity index (χ0v) is 22.6. The maximum atomic E-state index is 13.2. The molecule has 7 nitrogen and oxygen atoms in total. The standard InChI is InChI=1S/C26H19Cl2IN2O5/c1-2-35-22-13-15(12-20(29)23(22)36-14-16-7-3-4-8-18(16)27)11-17-24(32)30-26(34)31(25(17)33)21-10-6-5-9-19(21)28/h3-13H,2,14H2,1H3,(H,30,32,34)/b17-11+. The van der Waals surface area contributed by atoms with Crippen molar-refractivity contribution in [3.8, 4) is 11.5 Å². The number of urea groups is 1. The molecule has 0 spiro atoms. The lowest BCUT2D eigenvalue weighted by Crippen LogP contribution is -2.54. The Balaban J connectivity index is 1.68. The molecule has 1 saturated heterocycles. The topological polar surface area (TPSA) is 84.9 Å². The highest BCUT2D eigenvalue weighted by atomic mass is 127. The lowest BCUT2D eigenvalue weighted by Gasteiger charge is -2.27. The predicted octanol–water partition coefficient (Wildman–Crippen LogP) is 6.24. The Labute approximate surface area is 231 Å². The van der Waals surface area contributed by atoms with Gasteiger partial charge in [-0.2, -0.15) is 0 Å². The van der Waals surface area contributed by atoms with Crippen molar-refractivity contribution in [3.63, 3.8) is 0 Å². The van der Waals surface area contributed by atoms with Gasteiger partial charge < -0.3 is 9.47 Å². The highest BCUT2D eigenvalue weighted by molar-refractivity contribution is 14.1. The number of nitrogens with zero attached hydrogens (tertiary/aromatic N) is 1. The van der Waals surface area contributed by atoms with E-state index in [-0.39, 0.29) is 22.9 Å². The van der Waals surface area contributed by atoms with Gasteiger partial charge in [-0.25, -0.2) is 9.69 Å². The van der Waals surface area contributed by atoms with Crippen molar-refractivity contribution in [2.45, 2.75) is 13.5 Å². The lowest BCUT2D eigenvalue weighted by atomic mass is 10.1. The Morgan fingerprint density at radius 2 is 1.67 bits per heavy atom. The second-order valence-electron chi connectivity index (χ2n) is 7.55. The number of carbonyl (C=O) groups is 3. The van der Waals surface area contributed by atoms with Crippen LogP contribution in [0.15, 0.2) is 66.2 Å². The fraction of sp³-hybridized carbons (Fsp3) is 0.115. The molecular formula is C26H19Cl2IN2O5. The summed E-state index contributed by atoms with van der Waals surface area (Å²) < 4.78 is 12.5. The van der Waals surface area contributed by atoms with Gasteiger partial charge in [0.15, 0.2) is 11.5 Å². The van der Waals surface area contributed by atoms with Crippen molar-refractivity contribution in [2.24, 2.45) is 0 Å². The second kappa shape index (κ2) is 11.3. The number of ether oxygens (including phenoxy) is 2. The molecule has 0 unspecified atom stereocenters. The van der Waals surface area contributed by atoms with Crippen LogP contribution in [0.25, 0.3) is 6.08 Å². The first-order valence-corrected chi connectivity index (χ1v) is 12.6. The van der Waals surface area contributed by atoms with Crippen molar-refractivity contribution < 1.29 is 23.9 Å². The quantitative estimate of drug-likeness (QED) is 0.189. The number of imide groups is 2. The van der Waals surface area contributed by atoms with Gasteiger partial charge in [0.25, 0.3) is 11.8 Å². The molecule has 0 saturated carbocycles. The van der Waals surface area contributed by atoms with E-state index < -0.39 is 17.8 Å². The molecule has 1 fully saturated rings.